The van der Waals surface area contributed by atoms with E-state index in [2.05, 4.69) is 58.1 Å². The normalized spacial score (nSPS) is 13.2. The first-order chi connectivity index (χ1) is 9.84. The zero-order valence-electron chi connectivity index (χ0n) is 14.5. The Kier molecular flexibility index (Phi) is 7.20. The maximum Gasteiger partial charge on any atom is 0.122 e. The smallest absolute Gasteiger partial charge is 0.122 e. The Morgan fingerprint density at radius 3 is 2.52 bits per heavy atom. The molecule has 0 bridgehead atoms. The van der Waals surface area contributed by atoms with Crippen LogP contribution in [-0.2, 0) is 10.2 Å². The van der Waals surface area contributed by atoms with Crippen LogP contribution in [0.1, 0.15) is 45.2 Å². The first-order valence-electron chi connectivity index (χ1n) is 7.82. The van der Waals surface area contributed by atoms with Gasteiger partial charge in [-0.05, 0) is 49.4 Å². The lowest BCUT2D eigenvalue weighted by atomic mass is 9.86. The average molecular weight is 293 g/mol. The molecule has 1 aromatic rings. The molecule has 0 heterocycles. The van der Waals surface area contributed by atoms with Gasteiger partial charge in [0.2, 0.25) is 0 Å². The van der Waals surface area contributed by atoms with Gasteiger partial charge in [-0.25, -0.2) is 0 Å². The summed E-state index contributed by atoms with van der Waals surface area (Å²) in [4.78, 5) is 0. The molecule has 0 aliphatic carbocycles. The van der Waals surface area contributed by atoms with Crippen molar-refractivity contribution in [3.05, 3.63) is 29.3 Å². The highest BCUT2D eigenvalue weighted by atomic mass is 16.5. The van der Waals surface area contributed by atoms with E-state index in [9.17, 15) is 0 Å². The molecule has 3 nitrogen and oxygen atoms in total. The van der Waals surface area contributed by atoms with E-state index in [1.54, 1.807) is 7.11 Å². The minimum Gasteiger partial charge on any atom is -0.489 e. The van der Waals surface area contributed by atoms with E-state index in [1.807, 2.05) is 0 Å². The van der Waals surface area contributed by atoms with Gasteiger partial charge in [-0.1, -0.05) is 32.9 Å². The first-order valence-corrected chi connectivity index (χ1v) is 7.82. The first kappa shape index (κ1) is 18.0. The zero-order valence-corrected chi connectivity index (χ0v) is 14.5. The number of hydrogen-bond acceptors (Lipinski definition) is 3. The molecule has 21 heavy (non-hydrogen) atoms. The van der Waals surface area contributed by atoms with Crippen molar-refractivity contribution in [3.63, 3.8) is 0 Å². The van der Waals surface area contributed by atoms with Crippen LogP contribution in [0.15, 0.2) is 18.2 Å². The molecule has 0 saturated carbocycles. The van der Waals surface area contributed by atoms with Crippen LogP contribution in [0.3, 0.4) is 0 Å². The largest absolute Gasteiger partial charge is 0.489 e. The van der Waals surface area contributed by atoms with Crippen LogP contribution in [0.2, 0.25) is 0 Å². The molecular formula is C18H31NO2. The lowest BCUT2D eigenvalue weighted by Crippen LogP contribution is -2.30. The second kappa shape index (κ2) is 8.40. The summed E-state index contributed by atoms with van der Waals surface area (Å²) in [7, 11) is 1.73. The van der Waals surface area contributed by atoms with Crippen LogP contribution in [0.5, 0.6) is 5.75 Å². The minimum atomic E-state index is 0.159. The molecular weight excluding hydrogens is 262 g/mol. The molecule has 0 fully saturated rings. The van der Waals surface area contributed by atoms with Gasteiger partial charge in [0.1, 0.15) is 11.9 Å². The van der Waals surface area contributed by atoms with E-state index in [1.165, 1.54) is 11.1 Å². The van der Waals surface area contributed by atoms with Gasteiger partial charge in [0.05, 0.1) is 0 Å². The molecule has 1 unspecified atom stereocenters. The summed E-state index contributed by atoms with van der Waals surface area (Å²) in [5.41, 5.74) is 2.73. The standard InChI is InChI=1S/C18H31NO2/c1-14-12-16(18(3,4)5)8-9-17(14)21-15(2)13-19-10-7-11-20-6/h8-9,12,15,19H,7,10-11,13H2,1-6H3. The molecule has 0 radical (unpaired) electrons. The number of nitrogens with one attached hydrogen (secondary N) is 1. The summed E-state index contributed by atoms with van der Waals surface area (Å²) in [6, 6.07) is 6.49. The van der Waals surface area contributed by atoms with E-state index in [0.717, 1.165) is 31.9 Å². The van der Waals surface area contributed by atoms with E-state index in [4.69, 9.17) is 9.47 Å². The zero-order chi connectivity index (χ0) is 15.9. The van der Waals surface area contributed by atoms with E-state index < -0.39 is 0 Å². The summed E-state index contributed by atoms with van der Waals surface area (Å²) in [5.74, 6) is 0.981. The molecule has 1 rings (SSSR count). The van der Waals surface area contributed by atoms with Crippen LogP contribution in [0, 0.1) is 6.92 Å². The van der Waals surface area contributed by atoms with Crippen molar-refractivity contribution in [2.24, 2.45) is 0 Å². The summed E-state index contributed by atoms with van der Waals surface area (Å²) < 4.78 is 11.1. The molecule has 0 spiro atoms. The van der Waals surface area contributed by atoms with Crippen molar-refractivity contribution >= 4 is 0 Å². The van der Waals surface area contributed by atoms with Gasteiger partial charge in [0.25, 0.3) is 0 Å². The fraction of sp³-hybridized carbons (Fsp3) is 0.667. The van der Waals surface area contributed by atoms with Crippen molar-refractivity contribution in [2.45, 2.75) is 52.6 Å². The molecule has 1 atom stereocenters. The van der Waals surface area contributed by atoms with Crippen LogP contribution in [0.4, 0.5) is 0 Å². The molecule has 0 aliphatic heterocycles. The average Bonchev–Trinajstić information content (AvgIpc) is 2.39. The van der Waals surface area contributed by atoms with Crippen LogP contribution >= 0.6 is 0 Å². The highest BCUT2D eigenvalue weighted by molar-refractivity contribution is 5.38. The Bertz CT molecular complexity index is 424. The second-order valence-electron chi connectivity index (χ2n) is 6.71. The highest BCUT2D eigenvalue weighted by Gasteiger charge is 2.15. The quantitative estimate of drug-likeness (QED) is 0.742. The number of hydrogen-bond donors (Lipinski definition) is 1. The Labute approximate surface area is 130 Å². The van der Waals surface area contributed by atoms with Crippen molar-refractivity contribution in [1.29, 1.82) is 0 Å². The van der Waals surface area contributed by atoms with Gasteiger partial charge in [-0.2, -0.15) is 0 Å². The van der Waals surface area contributed by atoms with E-state index in [-0.39, 0.29) is 11.5 Å². The molecule has 120 valence electrons. The van der Waals surface area contributed by atoms with Gasteiger partial charge in [0.15, 0.2) is 0 Å². The SMILES string of the molecule is COCCCNCC(C)Oc1ccc(C(C)(C)C)cc1C. The second-order valence-corrected chi connectivity index (χ2v) is 6.71. The van der Waals surface area contributed by atoms with Crippen molar-refractivity contribution in [2.75, 3.05) is 26.8 Å². The lowest BCUT2D eigenvalue weighted by molar-refractivity contribution is 0.188. The molecule has 0 aromatic heterocycles. The number of methoxy groups -OCH3 is 1. The fourth-order valence-electron chi connectivity index (χ4n) is 2.15. The van der Waals surface area contributed by atoms with Crippen LogP contribution in [-0.4, -0.2) is 32.9 Å². The topological polar surface area (TPSA) is 30.5 Å². The molecule has 1 aromatic carbocycles. The van der Waals surface area contributed by atoms with Crippen molar-refractivity contribution in [3.8, 4) is 5.75 Å². The van der Waals surface area contributed by atoms with E-state index in [0.29, 0.717) is 0 Å². The Morgan fingerprint density at radius 2 is 1.95 bits per heavy atom. The van der Waals surface area contributed by atoms with Gasteiger partial charge in [-0.3, -0.25) is 0 Å². The number of rotatable bonds is 8. The minimum absolute atomic E-state index is 0.159. The number of ether oxygens (including phenoxy) is 2. The Hall–Kier alpha value is -1.06. The van der Waals surface area contributed by atoms with Gasteiger partial charge >= 0.3 is 0 Å². The summed E-state index contributed by atoms with van der Waals surface area (Å²) in [5, 5.41) is 3.39. The third kappa shape index (κ3) is 6.49. The van der Waals surface area contributed by atoms with Gasteiger partial charge in [0, 0.05) is 20.3 Å². The van der Waals surface area contributed by atoms with Gasteiger partial charge < -0.3 is 14.8 Å². The van der Waals surface area contributed by atoms with Crippen molar-refractivity contribution < 1.29 is 9.47 Å². The van der Waals surface area contributed by atoms with Crippen LogP contribution in [0.25, 0.3) is 0 Å². The number of aryl methyl sites for hydroxylation is 1. The molecule has 0 saturated heterocycles. The fourth-order valence-corrected chi connectivity index (χ4v) is 2.15. The maximum atomic E-state index is 6.03. The summed E-state index contributed by atoms with van der Waals surface area (Å²) in [6.45, 7) is 13.5. The summed E-state index contributed by atoms with van der Waals surface area (Å²) >= 11 is 0. The third-order valence-corrected chi connectivity index (χ3v) is 3.50. The van der Waals surface area contributed by atoms with E-state index >= 15 is 0 Å². The van der Waals surface area contributed by atoms with Crippen LogP contribution < -0.4 is 10.1 Å². The Balaban J connectivity index is 2.47. The highest BCUT2D eigenvalue weighted by Crippen LogP contribution is 2.27. The number of benzene rings is 1. The predicted octanol–water partition coefficient (Wildman–Crippen LogP) is 3.69. The summed E-state index contributed by atoms with van der Waals surface area (Å²) in [6.07, 6.45) is 1.19. The lowest BCUT2D eigenvalue weighted by Gasteiger charge is -2.22. The Morgan fingerprint density at radius 1 is 1.24 bits per heavy atom. The molecule has 0 amide bonds. The van der Waals surface area contributed by atoms with Gasteiger partial charge in [-0.15, -0.1) is 0 Å². The monoisotopic (exact) mass is 293 g/mol. The third-order valence-electron chi connectivity index (χ3n) is 3.50. The predicted molar refractivity (Wildman–Crippen MR) is 89.3 cm³/mol. The molecule has 1 N–H and O–H groups in total. The van der Waals surface area contributed by atoms with Crippen molar-refractivity contribution in [1.82, 2.24) is 5.32 Å². The molecule has 3 heteroatoms. The molecule has 0 aliphatic rings. The maximum absolute atomic E-state index is 6.03.